The zero-order chi connectivity index (χ0) is 9.47. The first-order valence-electron chi connectivity index (χ1n) is 4.90. The van der Waals surface area contributed by atoms with Gasteiger partial charge in [-0.2, -0.15) is 0 Å². The highest BCUT2D eigenvalue weighted by molar-refractivity contribution is 5.75. The Labute approximate surface area is 77.7 Å². The minimum atomic E-state index is -0.853. The van der Waals surface area contributed by atoms with Crippen molar-refractivity contribution in [3.8, 4) is 0 Å². The molecule has 3 N–H and O–H groups in total. The minimum Gasteiger partial charge on any atom is -0.480 e. The summed E-state index contributed by atoms with van der Waals surface area (Å²) in [6.45, 7) is 2.06. The normalized spacial score (nSPS) is 28.7. The summed E-state index contributed by atoms with van der Waals surface area (Å²) in [6, 6.07) is -0.697. The molecule has 0 aromatic rings. The molecule has 1 atom stereocenters. The molecule has 0 radical (unpaired) electrons. The quantitative estimate of drug-likeness (QED) is 0.635. The van der Waals surface area contributed by atoms with E-state index < -0.39 is 12.0 Å². The van der Waals surface area contributed by atoms with Crippen molar-refractivity contribution in [3.05, 3.63) is 0 Å². The fourth-order valence-corrected chi connectivity index (χ4v) is 2.89. The number of carboxylic acid groups (broad SMARTS) is 1. The number of nitrogens with zero attached hydrogens (tertiary/aromatic N) is 1. The third-order valence-electron chi connectivity index (χ3n) is 3.55. The Morgan fingerprint density at radius 3 is 2.38 bits per heavy atom. The first kappa shape index (κ1) is 8.97. The van der Waals surface area contributed by atoms with E-state index in [1.807, 2.05) is 0 Å². The molecule has 0 saturated carbocycles. The van der Waals surface area contributed by atoms with E-state index in [0.717, 1.165) is 38.8 Å². The number of hydrogen-bond acceptors (Lipinski definition) is 3. The van der Waals surface area contributed by atoms with Gasteiger partial charge in [-0.15, -0.1) is 0 Å². The summed E-state index contributed by atoms with van der Waals surface area (Å²) >= 11 is 0. The number of rotatable bonds is 2. The second-order valence-electron chi connectivity index (χ2n) is 4.11. The van der Waals surface area contributed by atoms with Crippen molar-refractivity contribution in [1.29, 1.82) is 0 Å². The van der Waals surface area contributed by atoms with Crippen LogP contribution in [0.25, 0.3) is 0 Å². The predicted octanol–water partition coefficient (Wildman–Crippen LogP) is 0.0267. The van der Waals surface area contributed by atoms with Crippen LogP contribution in [0.4, 0.5) is 0 Å². The van der Waals surface area contributed by atoms with Crippen LogP contribution in [0.1, 0.15) is 25.7 Å². The standard InChI is InChI=1S/C9H16N2O2/c10-7(8(12)13)9-3-1-5-11(9)6-2-4-9/h7H,1-6,10H2,(H,12,13)/t7-/m1/s1. The van der Waals surface area contributed by atoms with Crippen molar-refractivity contribution in [2.75, 3.05) is 13.1 Å². The van der Waals surface area contributed by atoms with Crippen molar-refractivity contribution in [2.45, 2.75) is 37.3 Å². The van der Waals surface area contributed by atoms with Gasteiger partial charge in [0.1, 0.15) is 6.04 Å². The maximum atomic E-state index is 10.9. The highest BCUT2D eigenvalue weighted by Gasteiger charge is 2.50. The smallest absolute Gasteiger partial charge is 0.322 e. The van der Waals surface area contributed by atoms with Crippen LogP contribution < -0.4 is 5.73 Å². The van der Waals surface area contributed by atoms with Gasteiger partial charge in [-0.05, 0) is 38.8 Å². The maximum Gasteiger partial charge on any atom is 0.322 e. The molecule has 2 fully saturated rings. The molecule has 13 heavy (non-hydrogen) atoms. The van der Waals surface area contributed by atoms with Gasteiger partial charge in [-0.3, -0.25) is 9.69 Å². The summed E-state index contributed by atoms with van der Waals surface area (Å²) in [5.41, 5.74) is 5.55. The van der Waals surface area contributed by atoms with Gasteiger partial charge < -0.3 is 10.8 Å². The molecule has 0 aliphatic carbocycles. The Kier molecular flexibility index (Phi) is 2.04. The van der Waals surface area contributed by atoms with Crippen LogP contribution in [0.5, 0.6) is 0 Å². The van der Waals surface area contributed by atoms with Crippen molar-refractivity contribution in [2.24, 2.45) is 5.73 Å². The third kappa shape index (κ3) is 1.16. The zero-order valence-corrected chi connectivity index (χ0v) is 7.70. The van der Waals surface area contributed by atoms with Gasteiger partial charge in [0.25, 0.3) is 0 Å². The van der Waals surface area contributed by atoms with Crippen LogP contribution in [0.3, 0.4) is 0 Å². The molecule has 4 nitrogen and oxygen atoms in total. The van der Waals surface area contributed by atoms with E-state index in [4.69, 9.17) is 10.8 Å². The highest BCUT2D eigenvalue weighted by Crippen LogP contribution is 2.40. The van der Waals surface area contributed by atoms with Gasteiger partial charge in [0, 0.05) is 5.54 Å². The lowest BCUT2D eigenvalue weighted by Gasteiger charge is -2.35. The van der Waals surface area contributed by atoms with Gasteiger partial charge in [0.15, 0.2) is 0 Å². The maximum absolute atomic E-state index is 10.9. The summed E-state index contributed by atoms with van der Waals surface area (Å²) in [6.07, 6.45) is 4.11. The monoisotopic (exact) mass is 184 g/mol. The summed E-state index contributed by atoms with van der Waals surface area (Å²) in [7, 11) is 0. The first-order valence-corrected chi connectivity index (χ1v) is 4.90. The van der Waals surface area contributed by atoms with Crippen molar-refractivity contribution >= 4 is 5.97 Å². The fourth-order valence-electron chi connectivity index (χ4n) is 2.89. The number of carbonyl (C=O) groups is 1. The lowest BCUT2D eigenvalue weighted by atomic mass is 9.86. The molecule has 0 spiro atoms. The van der Waals surface area contributed by atoms with E-state index in [2.05, 4.69) is 4.90 Å². The van der Waals surface area contributed by atoms with E-state index in [-0.39, 0.29) is 5.54 Å². The molecule has 2 aliphatic heterocycles. The van der Waals surface area contributed by atoms with Gasteiger partial charge in [-0.1, -0.05) is 0 Å². The Morgan fingerprint density at radius 2 is 1.92 bits per heavy atom. The zero-order valence-electron chi connectivity index (χ0n) is 7.70. The lowest BCUT2D eigenvalue weighted by molar-refractivity contribution is -0.141. The summed E-state index contributed by atoms with van der Waals surface area (Å²) in [5, 5.41) is 8.93. The van der Waals surface area contributed by atoms with Crippen LogP contribution in [0, 0.1) is 0 Å². The summed E-state index contributed by atoms with van der Waals surface area (Å²) < 4.78 is 0. The van der Waals surface area contributed by atoms with Crippen LogP contribution in [0.15, 0.2) is 0 Å². The largest absolute Gasteiger partial charge is 0.480 e. The Hall–Kier alpha value is -0.610. The Balaban J connectivity index is 2.22. The number of hydrogen-bond donors (Lipinski definition) is 2. The SMILES string of the molecule is N[C@H](C(=O)O)C12CCCN1CCC2. The highest BCUT2D eigenvalue weighted by atomic mass is 16.4. The van der Waals surface area contributed by atoms with Gasteiger partial charge in [0.05, 0.1) is 0 Å². The molecule has 74 valence electrons. The number of carboxylic acids is 1. The fraction of sp³-hybridized carbons (Fsp3) is 0.889. The molecule has 0 amide bonds. The van der Waals surface area contributed by atoms with Crippen molar-refractivity contribution in [3.63, 3.8) is 0 Å². The molecule has 2 saturated heterocycles. The van der Waals surface area contributed by atoms with E-state index in [1.54, 1.807) is 0 Å². The Morgan fingerprint density at radius 1 is 1.38 bits per heavy atom. The van der Waals surface area contributed by atoms with Crippen LogP contribution in [-0.4, -0.2) is 40.6 Å². The van der Waals surface area contributed by atoms with Gasteiger partial charge in [0.2, 0.25) is 0 Å². The van der Waals surface area contributed by atoms with Gasteiger partial charge >= 0.3 is 5.97 Å². The van der Waals surface area contributed by atoms with Gasteiger partial charge in [-0.25, -0.2) is 0 Å². The molecular formula is C9H16N2O2. The second kappa shape index (κ2) is 2.96. The minimum absolute atomic E-state index is 0.203. The number of nitrogens with two attached hydrogens (primary N) is 1. The molecule has 2 rings (SSSR count). The molecule has 0 bridgehead atoms. The van der Waals surface area contributed by atoms with E-state index >= 15 is 0 Å². The molecule has 2 heterocycles. The average molecular weight is 184 g/mol. The molecule has 2 aliphatic rings. The molecule has 0 aromatic heterocycles. The average Bonchev–Trinajstić information content (AvgIpc) is 2.59. The molecule has 4 heteroatoms. The van der Waals surface area contributed by atoms with Crippen LogP contribution >= 0.6 is 0 Å². The molecule has 0 aromatic carbocycles. The van der Waals surface area contributed by atoms with Crippen LogP contribution in [0.2, 0.25) is 0 Å². The summed E-state index contributed by atoms with van der Waals surface area (Å²) in [5.74, 6) is -0.853. The second-order valence-corrected chi connectivity index (χ2v) is 4.11. The third-order valence-corrected chi connectivity index (χ3v) is 3.55. The number of fused-ring (bicyclic) bond motifs is 1. The predicted molar refractivity (Wildman–Crippen MR) is 48.4 cm³/mol. The molecular weight excluding hydrogens is 168 g/mol. The van der Waals surface area contributed by atoms with Crippen LogP contribution in [-0.2, 0) is 4.79 Å². The van der Waals surface area contributed by atoms with Crippen molar-refractivity contribution in [1.82, 2.24) is 4.90 Å². The molecule has 0 unspecified atom stereocenters. The number of aliphatic carboxylic acids is 1. The van der Waals surface area contributed by atoms with E-state index in [0.29, 0.717) is 0 Å². The topological polar surface area (TPSA) is 66.6 Å². The lowest BCUT2D eigenvalue weighted by Crippen LogP contribution is -2.57. The summed E-state index contributed by atoms with van der Waals surface area (Å²) in [4.78, 5) is 13.1. The van der Waals surface area contributed by atoms with E-state index in [9.17, 15) is 4.79 Å². The first-order chi connectivity index (χ1) is 6.17. The van der Waals surface area contributed by atoms with Crippen molar-refractivity contribution < 1.29 is 9.90 Å². The Bertz CT molecular complexity index is 220. The van der Waals surface area contributed by atoms with E-state index in [1.165, 1.54) is 0 Å².